The van der Waals surface area contributed by atoms with Crippen LogP contribution in [-0.2, 0) is 4.74 Å². The molecule has 0 bridgehead atoms. The maximum atomic E-state index is 5.08. The largest absolute Gasteiger partial charge is 0.383 e. The summed E-state index contributed by atoms with van der Waals surface area (Å²) in [4.78, 5) is 9.06. The van der Waals surface area contributed by atoms with E-state index >= 15 is 0 Å². The predicted molar refractivity (Wildman–Crippen MR) is 109 cm³/mol. The van der Waals surface area contributed by atoms with Crippen molar-refractivity contribution in [2.75, 3.05) is 32.1 Å². The fraction of sp³-hybridized carbons (Fsp3) is 0.500. The minimum atomic E-state index is 0.415. The summed E-state index contributed by atoms with van der Waals surface area (Å²) in [6.45, 7) is 2.76. The van der Waals surface area contributed by atoms with E-state index in [9.17, 15) is 0 Å². The van der Waals surface area contributed by atoms with Gasteiger partial charge in [-0.3, -0.25) is 0 Å². The molecule has 4 rings (SSSR count). The van der Waals surface area contributed by atoms with E-state index in [4.69, 9.17) is 4.74 Å². The molecular formula is C20H27N7O. The van der Waals surface area contributed by atoms with Crippen molar-refractivity contribution in [3.63, 3.8) is 0 Å². The van der Waals surface area contributed by atoms with Crippen LogP contribution in [0.4, 0.5) is 5.95 Å². The number of benzene rings is 1. The molecule has 1 saturated carbocycles. The SMILES string of the molecule is COCCNC[C@H]1CC[C@H](Nc2nccc(-n3nnc4ccccc43)n2)CC1. The van der Waals surface area contributed by atoms with Crippen molar-refractivity contribution in [1.29, 1.82) is 0 Å². The maximum absolute atomic E-state index is 5.08. The van der Waals surface area contributed by atoms with E-state index in [0.29, 0.717) is 12.0 Å². The Balaban J connectivity index is 1.35. The first-order valence-corrected chi connectivity index (χ1v) is 9.93. The first-order chi connectivity index (χ1) is 13.8. The second-order valence-electron chi connectivity index (χ2n) is 7.29. The standard InChI is InChI=1S/C20H27N7O/c1-28-13-12-21-14-15-6-8-16(9-7-15)23-20-22-11-10-19(24-20)27-18-5-3-2-4-17(18)25-26-27/h2-5,10-11,15-16,21H,6-9,12-14H2,1H3,(H,22,23,24)/t15-,16-. The lowest BCUT2D eigenvalue weighted by Crippen LogP contribution is -2.32. The Morgan fingerprint density at radius 2 is 2.00 bits per heavy atom. The molecule has 0 amide bonds. The third-order valence-corrected chi connectivity index (χ3v) is 5.31. The van der Waals surface area contributed by atoms with Gasteiger partial charge in [0.05, 0.1) is 12.1 Å². The summed E-state index contributed by atoms with van der Waals surface area (Å²) in [5.74, 6) is 2.12. The van der Waals surface area contributed by atoms with E-state index in [1.54, 1.807) is 18.0 Å². The normalized spacial score (nSPS) is 19.8. The molecule has 0 radical (unpaired) electrons. The van der Waals surface area contributed by atoms with Gasteiger partial charge in [-0.15, -0.1) is 5.10 Å². The predicted octanol–water partition coefficient (Wildman–Crippen LogP) is 2.42. The fourth-order valence-electron chi connectivity index (χ4n) is 3.75. The summed E-state index contributed by atoms with van der Waals surface area (Å²) >= 11 is 0. The number of rotatable bonds is 8. The van der Waals surface area contributed by atoms with Crippen molar-refractivity contribution in [2.45, 2.75) is 31.7 Å². The smallest absolute Gasteiger partial charge is 0.224 e. The molecule has 2 aromatic heterocycles. The van der Waals surface area contributed by atoms with Crippen LogP contribution >= 0.6 is 0 Å². The van der Waals surface area contributed by atoms with Gasteiger partial charge in [0.25, 0.3) is 0 Å². The monoisotopic (exact) mass is 381 g/mol. The molecule has 0 spiro atoms. The van der Waals surface area contributed by atoms with Crippen LogP contribution < -0.4 is 10.6 Å². The Kier molecular flexibility index (Phi) is 6.08. The van der Waals surface area contributed by atoms with E-state index in [1.165, 1.54) is 12.8 Å². The molecule has 28 heavy (non-hydrogen) atoms. The summed E-state index contributed by atoms with van der Waals surface area (Å²) in [7, 11) is 1.74. The van der Waals surface area contributed by atoms with Crippen molar-refractivity contribution in [3.8, 4) is 5.82 Å². The van der Waals surface area contributed by atoms with Crippen LogP contribution in [0.25, 0.3) is 16.9 Å². The Bertz CT molecular complexity index is 889. The van der Waals surface area contributed by atoms with Crippen molar-refractivity contribution < 1.29 is 4.74 Å². The van der Waals surface area contributed by atoms with Crippen molar-refractivity contribution in [2.24, 2.45) is 5.92 Å². The zero-order valence-electron chi connectivity index (χ0n) is 16.2. The van der Waals surface area contributed by atoms with E-state index < -0.39 is 0 Å². The maximum Gasteiger partial charge on any atom is 0.224 e. The van der Waals surface area contributed by atoms with Crippen LogP contribution in [0.1, 0.15) is 25.7 Å². The molecule has 2 heterocycles. The van der Waals surface area contributed by atoms with Gasteiger partial charge in [0.15, 0.2) is 5.82 Å². The molecule has 1 fully saturated rings. The number of nitrogens with zero attached hydrogens (tertiary/aromatic N) is 5. The van der Waals surface area contributed by atoms with Crippen LogP contribution in [-0.4, -0.2) is 57.8 Å². The number of hydrogen-bond acceptors (Lipinski definition) is 7. The highest BCUT2D eigenvalue weighted by molar-refractivity contribution is 5.75. The molecule has 0 unspecified atom stereocenters. The van der Waals surface area contributed by atoms with Gasteiger partial charge < -0.3 is 15.4 Å². The zero-order valence-corrected chi connectivity index (χ0v) is 16.2. The molecule has 148 valence electrons. The zero-order chi connectivity index (χ0) is 19.2. The Hall–Kier alpha value is -2.58. The lowest BCUT2D eigenvalue weighted by atomic mass is 9.86. The van der Waals surface area contributed by atoms with Gasteiger partial charge in [-0.2, -0.15) is 9.67 Å². The molecule has 1 aliphatic carbocycles. The molecule has 0 saturated heterocycles. The molecule has 2 N–H and O–H groups in total. The third-order valence-electron chi connectivity index (χ3n) is 5.31. The van der Waals surface area contributed by atoms with Gasteiger partial charge in [0.1, 0.15) is 5.52 Å². The first-order valence-electron chi connectivity index (χ1n) is 9.93. The van der Waals surface area contributed by atoms with Crippen molar-refractivity contribution >= 4 is 17.0 Å². The Morgan fingerprint density at radius 1 is 1.14 bits per heavy atom. The summed E-state index contributed by atoms with van der Waals surface area (Å²) in [6.07, 6.45) is 6.47. The molecule has 3 aromatic rings. The van der Waals surface area contributed by atoms with Crippen LogP contribution in [0.5, 0.6) is 0 Å². The summed E-state index contributed by atoms with van der Waals surface area (Å²) in [6, 6.07) is 10.1. The number of ether oxygens (including phenoxy) is 1. The topological polar surface area (TPSA) is 89.8 Å². The lowest BCUT2D eigenvalue weighted by Gasteiger charge is -2.29. The van der Waals surface area contributed by atoms with Gasteiger partial charge in [-0.25, -0.2) is 4.98 Å². The highest BCUT2D eigenvalue weighted by atomic mass is 16.5. The number of nitrogens with one attached hydrogen (secondary N) is 2. The molecule has 0 atom stereocenters. The van der Waals surface area contributed by atoms with E-state index in [-0.39, 0.29) is 0 Å². The van der Waals surface area contributed by atoms with Crippen LogP contribution in [0.3, 0.4) is 0 Å². The average Bonchev–Trinajstić information content (AvgIpc) is 3.17. The Labute approximate surface area is 164 Å². The molecule has 1 aliphatic rings. The third kappa shape index (κ3) is 4.45. The van der Waals surface area contributed by atoms with E-state index in [1.807, 2.05) is 30.3 Å². The molecule has 8 heteroatoms. The van der Waals surface area contributed by atoms with Crippen molar-refractivity contribution in [1.82, 2.24) is 30.3 Å². The number of para-hydroxylation sites is 1. The summed E-state index contributed by atoms with van der Waals surface area (Å²) in [5.41, 5.74) is 1.79. The van der Waals surface area contributed by atoms with Crippen LogP contribution in [0.2, 0.25) is 0 Å². The lowest BCUT2D eigenvalue weighted by molar-refractivity contribution is 0.195. The molecule has 1 aromatic carbocycles. The number of anilines is 1. The van der Waals surface area contributed by atoms with Gasteiger partial charge in [0, 0.05) is 32.0 Å². The van der Waals surface area contributed by atoms with Crippen molar-refractivity contribution in [3.05, 3.63) is 36.5 Å². The first kappa shape index (κ1) is 18.8. The van der Waals surface area contributed by atoms with E-state index in [2.05, 4.69) is 30.9 Å². The molecular weight excluding hydrogens is 354 g/mol. The highest BCUT2D eigenvalue weighted by Gasteiger charge is 2.21. The fourth-order valence-corrected chi connectivity index (χ4v) is 3.75. The Morgan fingerprint density at radius 3 is 2.86 bits per heavy atom. The summed E-state index contributed by atoms with van der Waals surface area (Å²) in [5, 5.41) is 15.4. The molecule has 8 nitrogen and oxygen atoms in total. The number of fused-ring (bicyclic) bond motifs is 1. The minimum absolute atomic E-state index is 0.415. The number of hydrogen-bond donors (Lipinski definition) is 2. The second kappa shape index (κ2) is 9.07. The number of methoxy groups -OCH3 is 1. The minimum Gasteiger partial charge on any atom is -0.383 e. The van der Waals surface area contributed by atoms with Gasteiger partial charge in [-0.05, 0) is 50.3 Å². The van der Waals surface area contributed by atoms with E-state index in [0.717, 1.165) is 55.3 Å². The number of aromatic nitrogens is 5. The average molecular weight is 381 g/mol. The second-order valence-corrected chi connectivity index (χ2v) is 7.29. The molecule has 0 aliphatic heterocycles. The van der Waals surface area contributed by atoms with Crippen LogP contribution in [0.15, 0.2) is 36.5 Å². The van der Waals surface area contributed by atoms with Gasteiger partial charge in [-0.1, -0.05) is 17.3 Å². The van der Waals surface area contributed by atoms with Gasteiger partial charge >= 0.3 is 0 Å². The van der Waals surface area contributed by atoms with Crippen LogP contribution in [0, 0.1) is 5.92 Å². The highest BCUT2D eigenvalue weighted by Crippen LogP contribution is 2.25. The van der Waals surface area contributed by atoms with Gasteiger partial charge in [0.2, 0.25) is 5.95 Å². The summed E-state index contributed by atoms with van der Waals surface area (Å²) < 4.78 is 6.83. The quantitative estimate of drug-likeness (QED) is 0.579.